The van der Waals surface area contributed by atoms with Gasteiger partial charge in [-0.3, -0.25) is 4.90 Å². The molecule has 3 rings (SSSR count). The molecule has 0 spiro atoms. The molecule has 0 aromatic heterocycles. The molecule has 1 aromatic carbocycles. The van der Waals surface area contributed by atoms with Crippen molar-refractivity contribution in [2.45, 2.75) is 6.04 Å². The molecule has 0 aliphatic carbocycles. The van der Waals surface area contributed by atoms with Crippen LogP contribution in [0.2, 0.25) is 0 Å². The first kappa shape index (κ1) is 12.7. The summed E-state index contributed by atoms with van der Waals surface area (Å²) in [5, 5.41) is 13.1. The quantitative estimate of drug-likeness (QED) is 0.827. The molecule has 1 atom stereocenters. The Morgan fingerprint density at radius 1 is 1.21 bits per heavy atom. The molecule has 1 saturated heterocycles. The summed E-state index contributed by atoms with van der Waals surface area (Å²) < 4.78 is 11.4. The van der Waals surface area contributed by atoms with Crippen LogP contribution >= 0.6 is 0 Å². The van der Waals surface area contributed by atoms with E-state index in [2.05, 4.69) is 10.2 Å². The summed E-state index contributed by atoms with van der Waals surface area (Å²) >= 11 is 0. The third kappa shape index (κ3) is 2.54. The highest BCUT2D eigenvalue weighted by Crippen LogP contribution is 2.38. The number of fused-ring (bicyclic) bond motifs is 1. The molecule has 2 aliphatic rings. The van der Waals surface area contributed by atoms with Crippen LogP contribution in [0.5, 0.6) is 11.5 Å². The van der Waals surface area contributed by atoms with E-state index in [4.69, 9.17) is 9.47 Å². The van der Waals surface area contributed by atoms with Crippen molar-refractivity contribution in [2.75, 3.05) is 46.0 Å². The lowest BCUT2D eigenvalue weighted by atomic mass is 10.0. The van der Waals surface area contributed by atoms with E-state index < -0.39 is 0 Å². The molecule has 0 amide bonds. The van der Waals surface area contributed by atoms with E-state index >= 15 is 0 Å². The average Bonchev–Trinajstić information content (AvgIpc) is 2.49. The van der Waals surface area contributed by atoms with E-state index in [-0.39, 0.29) is 12.6 Å². The Balaban J connectivity index is 1.90. The van der Waals surface area contributed by atoms with Gasteiger partial charge in [0, 0.05) is 31.7 Å². The van der Waals surface area contributed by atoms with Crippen LogP contribution in [-0.2, 0) is 0 Å². The van der Waals surface area contributed by atoms with Crippen LogP contribution in [0.15, 0.2) is 18.2 Å². The van der Waals surface area contributed by atoms with E-state index in [1.165, 1.54) is 0 Å². The number of hydrogen-bond donors (Lipinski definition) is 2. The molecule has 0 saturated carbocycles. The SMILES string of the molecule is OC[C@H](c1cccc2c1OCCO2)N1CCNCC1. The van der Waals surface area contributed by atoms with Gasteiger partial charge in [0.05, 0.1) is 12.6 Å². The van der Waals surface area contributed by atoms with Crippen LogP contribution in [0.25, 0.3) is 0 Å². The van der Waals surface area contributed by atoms with Crippen molar-refractivity contribution in [2.24, 2.45) is 0 Å². The predicted octanol–water partition coefficient (Wildman–Crippen LogP) is 0.396. The van der Waals surface area contributed by atoms with Gasteiger partial charge in [0.15, 0.2) is 11.5 Å². The van der Waals surface area contributed by atoms with Crippen molar-refractivity contribution in [1.29, 1.82) is 0 Å². The van der Waals surface area contributed by atoms with E-state index in [1.54, 1.807) is 0 Å². The lowest BCUT2D eigenvalue weighted by Gasteiger charge is -2.35. The summed E-state index contributed by atoms with van der Waals surface area (Å²) in [6.45, 7) is 5.06. The number of aliphatic hydroxyl groups is 1. The van der Waals surface area contributed by atoms with Gasteiger partial charge < -0.3 is 19.9 Å². The Hall–Kier alpha value is -1.30. The molecule has 2 heterocycles. The molecule has 2 aliphatic heterocycles. The summed E-state index contributed by atoms with van der Waals surface area (Å²) in [6.07, 6.45) is 0. The Morgan fingerprint density at radius 2 is 2.00 bits per heavy atom. The molecule has 1 aromatic rings. The molecule has 0 radical (unpaired) electrons. The summed E-state index contributed by atoms with van der Waals surface area (Å²) in [6, 6.07) is 5.90. The topological polar surface area (TPSA) is 54.0 Å². The standard InChI is InChI=1S/C14H20N2O3/c17-10-12(16-6-4-15-5-7-16)11-2-1-3-13-14(11)19-9-8-18-13/h1-3,12,15,17H,4-10H2/t12-/m1/s1. The van der Waals surface area contributed by atoms with Crippen LogP contribution in [0.3, 0.4) is 0 Å². The Bertz CT molecular complexity index is 433. The fraction of sp³-hybridized carbons (Fsp3) is 0.571. The number of benzene rings is 1. The lowest BCUT2D eigenvalue weighted by molar-refractivity contribution is 0.103. The maximum atomic E-state index is 9.77. The largest absolute Gasteiger partial charge is 0.486 e. The van der Waals surface area contributed by atoms with Crippen LogP contribution in [0.4, 0.5) is 0 Å². The van der Waals surface area contributed by atoms with Crippen molar-refractivity contribution in [3.63, 3.8) is 0 Å². The van der Waals surface area contributed by atoms with Crippen LogP contribution in [0, 0.1) is 0 Å². The van der Waals surface area contributed by atoms with E-state index in [0.717, 1.165) is 43.2 Å². The second-order valence-electron chi connectivity index (χ2n) is 4.86. The minimum absolute atomic E-state index is 0.0150. The summed E-state index contributed by atoms with van der Waals surface area (Å²) in [4.78, 5) is 2.30. The molecule has 2 N–H and O–H groups in total. The molecule has 104 valence electrons. The Morgan fingerprint density at radius 3 is 2.79 bits per heavy atom. The van der Waals surface area contributed by atoms with Crippen molar-refractivity contribution in [1.82, 2.24) is 10.2 Å². The molecule has 5 heteroatoms. The van der Waals surface area contributed by atoms with Gasteiger partial charge in [0.25, 0.3) is 0 Å². The maximum absolute atomic E-state index is 9.77. The molecule has 0 unspecified atom stereocenters. The number of piperazine rings is 1. The van der Waals surface area contributed by atoms with E-state index in [9.17, 15) is 5.11 Å². The zero-order chi connectivity index (χ0) is 13.1. The second kappa shape index (κ2) is 5.77. The number of rotatable bonds is 3. The first-order chi connectivity index (χ1) is 9.40. The van der Waals surface area contributed by atoms with Crippen molar-refractivity contribution < 1.29 is 14.6 Å². The second-order valence-corrected chi connectivity index (χ2v) is 4.86. The third-order valence-corrected chi connectivity index (χ3v) is 3.72. The Kier molecular flexibility index (Phi) is 3.87. The fourth-order valence-corrected chi connectivity index (χ4v) is 2.76. The first-order valence-electron chi connectivity index (χ1n) is 6.84. The number of hydrogen-bond acceptors (Lipinski definition) is 5. The summed E-state index contributed by atoms with van der Waals surface area (Å²) in [7, 11) is 0. The van der Waals surface area contributed by atoms with E-state index in [0.29, 0.717) is 13.2 Å². The molecule has 0 bridgehead atoms. The van der Waals surface area contributed by atoms with Gasteiger partial charge in [0.2, 0.25) is 0 Å². The van der Waals surface area contributed by atoms with Crippen LogP contribution in [0.1, 0.15) is 11.6 Å². The van der Waals surface area contributed by atoms with Crippen molar-refractivity contribution in [3.05, 3.63) is 23.8 Å². The predicted molar refractivity (Wildman–Crippen MR) is 71.7 cm³/mol. The van der Waals surface area contributed by atoms with Crippen LogP contribution in [-0.4, -0.2) is 56.0 Å². The first-order valence-corrected chi connectivity index (χ1v) is 6.84. The van der Waals surface area contributed by atoms with Gasteiger partial charge in [-0.05, 0) is 6.07 Å². The van der Waals surface area contributed by atoms with Crippen molar-refractivity contribution in [3.8, 4) is 11.5 Å². The van der Waals surface area contributed by atoms with Crippen molar-refractivity contribution >= 4 is 0 Å². The minimum atomic E-state index is -0.0150. The monoisotopic (exact) mass is 264 g/mol. The summed E-state index contributed by atoms with van der Waals surface area (Å²) in [5.41, 5.74) is 1.03. The minimum Gasteiger partial charge on any atom is -0.486 e. The Labute approximate surface area is 113 Å². The zero-order valence-corrected chi connectivity index (χ0v) is 11.0. The molecular weight excluding hydrogens is 244 g/mol. The number of nitrogens with zero attached hydrogens (tertiary/aromatic N) is 1. The molecule has 5 nitrogen and oxygen atoms in total. The van der Waals surface area contributed by atoms with Gasteiger partial charge in [-0.2, -0.15) is 0 Å². The smallest absolute Gasteiger partial charge is 0.166 e. The number of ether oxygens (including phenoxy) is 2. The van der Waals surface area contributed by atoms with Gasteiger partial charge in [0.1, 0.15) is 13.2 Å². The van der Waals surface area contributed by atoms with E-state index in [1.807, 2.05) is 18.2 Å². The van der Waals surface area contributed by atoms with Gasteiger partial charge in [-0.15, -0.1) is 0 Å². The van der Waals surface area contributed by atoms with Gasteiger partial charge in [-0.25, -0.2) is 0 Å². The highest BCUT2D eigenvalue weighted by Gasteiger charge is 2.27. The summed E-state index contributed by atoms with van der Waals surface area (Å²) in [5.74, 6) is 1.59. The fourth-order valence-electron chi connectivity index (χ4n) is 2.76. The highest BCUT2D eigenvalue weighted by molar-refractivity contribution is 5.49. The maximum Gasteiger partial charge on any atom is 0.166 e. The molecule has 19 heavy (non-hydrogen) atoms. The van der Waals surface area contributed by atoms with Gasteiger partial charge >= 0.3 is 0 Å². The molecular formula is C14H20N2O3. The highest BCUT2D eigenvalue weighted by atomic mass is 16.6. The van der Waals surface area contributed by atoms with Gasteiger partial charge in [-0.1, -0.05) is 12.1 Å². The third-order valence-electron chi connectivity index (χ3n) is 3.72. The molecule has 1 fully saturated rings. The normalized spacial score (nSPS) is 21.1. The number of nitrogens with one attached hydrogen (secondary N) is 1. The lowest BCUT2D eigenvalue weighted by Crippen LogP contribution is -2.46. The van der Waals surface area contributed by atoms with Crippen LogP contribution < -0.4 is 14.8 Å². The average molecular weight is 264 g/mol. The zero-order valence-electron chi connectivity index (χ0n) is 11.0. The number of aliphatic hydroxyl groups excluding tert-OH is 1. The number of para-hydroxylation sites is 1.